The van der Waals surface area contributed by atoms with Crippen molar-refractivity contribution in [3.63, 3.8) is 0 Å². The van der Waals surface area contributed by atoms with E-state index in [9.17, 15) is 0 Å². The van der Waals surface area contributed by atoms with Crippen LogP contribution in [-0.2, 0) is 10.8 Å². The lowest BCUT2D eigenvalue weighted by Gasteiger charge is -2.34. The summed E-state index contributed by atoms with van der Waals surface area (Å²) in [5.74, 6) is 0. The molecule has 0 N–H and O–H groups in total. The topological polar surface area (TPSA) is 19.7 Å². The van der Waals surface area contributed by atoms with Gasteiger partial charge in [-0.05, 0) is 207 Å². The Morgan fingerprint density at radius 1 is 0.162 bits per heavy atom. The van der Waals surface area contributed by atoms with Gasteiger partial charge >= 0.3 is 0 Å². The maximum Gasteiger partial charge on any atom is 0.0734 e. The second kappa shape index (κ2) is 28.8. The molecule has 0 saturated heterocycles. The molecule has 4 nitrogen and oxygen atoms in total. The van der Waals surface area contributed by atoms with E-state index in [0.29, 0.717) is 0 Å². The number of hydrogen-bond acceptors (Lipinski definition) is 0. The van der Waals surface area contributed by atoms with Crippen LogP contribution in [0.15, 0.2) is 485 Å². The van der Waals surface area contributed by atoms with Gasteiger partial charge in [-0.3, -0.25) is 0 Å². The summed E-state index contributed by atoms with van der Waals surface area (Å²) in [6, 6.07) is 180. The summed E-state index contributed by atoms with van der Waals surface area (Å²) in [7, 11) is 0. The van der Waals surface area contributed by atoms with Crippen LogP contribution in [0.2, 0.25) is 0 Å². The third-order valence-electron chi connectivity index (χ3n) is 28.7. The molecule has 0 aliphatic heterocycles. The first-order valence-corrected chi connectivity index (χ1v) is 45.2. The first-order chi connectivity index (χ1) is 64.5. The minimum Gasteiger partial charge on any atom is -0.309 e. The van der Waals surface area contributed by atoms with Crippen molar-refractivity contribution in [3.8, 4) is 67.3 Å². The monoisotopic (exact) mass is 1650 g/mol. The van der Waals surface area contributed by atoms with Crippen LogP contribution >= 0.6 is 0 Å². The highest BCUT2D eigenvalue weighted by Crippen LogP contribution is 2.62. The second-order valence-corrected chi connectivity index (χ2v) is 35.2. The van der Waals surface area contributed by atoms with Gasteiger partial charge in [0.1, 0.15) is 0 Å². The molecular formula is C126H80N4. The van der Waals surface area contributed by atoms with Crippen LogP contribution in [0.3, 0.4) is 0 Å². The average molecular weight is 1650 g/mol. The molecule has 0 spiro atoms. The highest BCUT2D eigenvalue weighted by molar-refractivity contribution is 6.20. The first kappa shape index (κ1) is 73.4. The summed E-state index contributed by atoms with van der Waals surface area (Å²) in [5.41, 5.74) is 33.5. The van der Waals surface area contributed by atoms with E-state index in [2.05, 4.69) is 504 Å². The summed E-state index contributed by atoms with van der Waals surface area (Å²) in [5, 5.41) is 19.8. The summed E-state index contributed by atoms with van der Waals surface area (Å²) in [6.45, 7) is 0. The lowest BCUT2D eigenvalue weighted by atomic mass is 9.67. The molecule has 2 aliphatic carbocycles. The molecule has 130 heavy (non-hydrogen) atoms. The third-order valence-corrected chi connectivity index (χ3v) is 28.7. The minimum absolute atomic E-state index is 0.501. The van der Waals surface area contributed by atoms with Crippen LogP contribution in [-0.4, -0.2) is 18.3 Å². The molecule has 28 rings (SSSR count). The Labute approximate surface area is 751 Å². The molecule has 604 valence electrons. The van der Waals surface area contributed by atoms with Gasteiger partial charge in [0.25, 0.3) is 0 Å². The van der Waals surface area contributed by atoms with E-state index in [1.54, 1.807) is 0 Å². The Morgan fingerprint density at radius 2 is 0.500 bits per heavy atom. The molecule has 4 heteroatoms. The fraction of sp³-hybridized carbons (Fsp3) is 0.0159. The number of para-hydroxylation sites is 2. The molecular weight excluding hydrogens is 1570 g/mol. The fourth-order valence-corrected chi connectivity index (χ4v) is 23.2. The van der Waals surface area contributed by atoms with Crippen molar-refractivity contribution in [2.75, 3.05) is 0 Å². The van der Waals surface area contributed by atoms with Gasteiger partial charge in [-0.2, -0.15) is 0 Å². The number of hydrogen-bond donors (Lipinski definition) is 0. The van der Waals surface area contributed by atoms with E-state index >= 15 is 0 Å². The Balaban J connectivity index is 0.000000134. The number of nitrogens with zero attached hydrogens (tertiary/aromatic N) is 4. The molecule has 2 aliphatic rings. The number of aromatic nitrogens is 4. The smallest absolute Gasteiger partial charge is 0.0734 e. The lowest BCUT2D eigenvalue weighted by Crippen LogP contribution is -2.29. The van der Waals surface area contributed by atoms with E-state index in [1.165, 1.54) is 231 Å². The number of benzene rings is 22. The van der Waals surface area contributed by atoms with Gasteiger partial charge in [-0.15, -0.1) is 0 Å². The molecule has 22 aromatic carbocycles. The van der Waals surface area contributed by atoms with Gasteiger partial charge in [0.15, 0.2) is 0 Å². The van der Waals surface area contributed by atoms with E-state index in [4.69, 9.17) is 0 Å². The Kier molecular flexibility index (Phi) is 16.3. The molecule has 0 saturated carbocycles. The van der Waals surface area contributed by atoms with E-state index in [0.717, 1.165) is 11.4 Å². The molecule has 4 aromatic heterocycles. The minimum atomic E-state index is -0.566. The third kappa shape index (κ3) is 10.7. The maximum absolute atomic E-state index is 2.56. The SMILES string of the molecule is c1ccc(C2(c3ccccc3)c3ccccc3-c3c2ccc2c4cc(-c5ccc6c(c5)c5ccccc5n6-c5cccc6ccccc56)ccc4n(-c4ccc5ccccc5c4)c32)cc1.c1ccc(C2(c3ccccc3)c3ccccc3-c3ccc4c5cc(-c6ccc7c(c6)c6ccccc6n7-c6cccc7ccccc67)ccc5n(-c5ccc6ccccc6c5)c4c32)cc1. The van der Waals surface area contributed by atoms with Crippen molar-refractivity contribution in [2.45, 2.75) is 10.8 Å². The quantitative estimate of drug-likeness (QED) is 0.130. The lowest BCUT2D eigenvalue weighted by molar-refractivity contribution is 0.769. The van der Waals surface area contributed by atoms with Crippen LogP contribution < -0.4 is 0 Å². The van der Waals surface area contributed by atoms with E-state index in [-0.39, 0.29) is 0 Å². The highest BCUT2D eigenvalue weighted by Gasteiger charge is 2.50. The van der Waals surface area contributed by atoms with Crippen LogP contribution in [0.1, 0.15) is 44.5 Å². The van der Waals surface area contributed by atoms with Crippen LogP contribution in [0.25, 0.3) is 198 Å². The summed E-state index contributed by atoms with van der Waals surface area (Å²) >= 11 is 0. The van der Waals surface area contributed by atoms with E-state index < -0.39 is 10.8 Å². The molecule has 4 heterocycles. The van der Waals surface area contributed by atoms with Crippen molar-refractivity contribution < 1.29 is 0 Å². The van der Waals surface area contributed by atoms with Gasteiger partial charge in [0, 0.05) is 76.4 Å². The fourth-order valence-electron chi connectivity index (χ4n) is 23.2. The van der Waals surface area contributed by atoms with Crippen molar-refractivity contribution in [1.29, 1.82) is 0 Å². The van der Waals surface area contributed by atoms with E-state index in [1.807, 2.05) is 0 Å². The van der Waals surface area contributed by atoms with Crippen LogP contribution in [0, 0.1) is 0 Å². The predicted molar refractivity (Wildman–Crippen MR) is 546 cm³/mol. The summed E-state index contributed by atoms with van der Waals surface area (Å²) in [4.78, 5) is 0. The zero-order chi connectivity index (χ0) is 85.3. The highest BCUT2D eigenvalue weighted by atomic mass is 15.0. The van der Waals surface area contributed by atoms with Gasteiger partial charge in [0.05, 0.1) is 66.3 Å². The zero-order valence-corrected chi connectivity index (χ0v) is 71.0. The molecule has 26 aromatic rings. The molecule has 0 amide bonds. The Morgan fingerprint density at radius 3 is 0.977 bits per heavy atom. The van der Waals surface area contributed by atoms with Gasteiger partial charge < -0.3 is 18.3 Å². The second-order valence-electron chi connectivity index (χ2n) is 35.2. The summed E-state index contributed by atoms with van der Waals surface area (Å²) in [6.07, 6.45) is 0. The normalized spacial score (nSPS) is 13.0. The standard InChI is InChI=1S/2C63H40N2/c1-3-20-46(21-4-1)63(47-22-5-2-6-23-47)55-27-13-11-26-52(55)61-56(63)35-34-51-54-40-45(31-36-59(54)64(62(51)61)48-33-30-41-16-7-8-18-43(41)38-48)44-32-37-60-53(39-44)50-25-12-14-28-58(50)65(60)57-29-15-19-42-17-9-10-24-49(42)57;1-3-20-46(21-4-1)63(47-22-5-2-6-23-47)56-27-13-11-25-50(56)52-34-35-53-55-40-45(31-36-59(55)64(62(53)61(52)63)48-33-30-41-16-7-8-18-43(41)38-48)44-32-37-60-54(39-44)51-26-12-14-28-58(51)65(60)57-29-15-19-42-17-9-10-24-49(42)57/h2*1-40H. The molecule has 0 atom stereocenters. The Bertz CT molecular complexity index is 9090. The largest absolute Gasteiger partial charge is 0.309 e. The van der Waals surface area contributed by atoms with Crippen molar-refractivity contribution in [2.24, 2.45) is 0 Å². The predicted octanol–water partition coefficient (Wildman–Crippen LogP) is 32.4. The summed E-state index contributed by atoms with van der Waals surface area (Å²) < 4.78 is 10.00. The van der Waals surface area contributed by atoms with Crippen molar-refractivity contribution in [1.82, 2.24) is 18.3 Å². The Hall–Kier alpha value is -16.9. The first-order valence-electron chi connectivity index (χ1n) is 45.2. The van der Waals surface area contributed by atoms with Crippen molar-refractivity contribution >= 4 is 130 Å². The van der Waals surface area contributed by atoms with Gasteiger partial charge in [-0.1, -0.05) is 388 Å². The molecule has 0 radical (unpaired) electrons. The molecule has 0 bridgehead atoms. The average Bonchev–Trinajstić information content (AvgIpc) is 1.51. The van der Waals surface area contributed by atoms with Gasteiger partial charge in [-0.25, -0.2) is 0 Å². The number of fused-ring (bicyclic) bond motifs is 24. The van der Waals surface area contributed by atoms with Crippen molar-refractivity contribution in [3.05, 3.63) is 530 Å². The molecule has 0 unspecified atom stereocenters. The molecule has 0 fully saturated rings. The zero-order valence-electron chi connectivity index (χ0n) is 71.0. The van der Waals surface area contributed by atoms with Crippen LogP contribution in [0.4, 0.5) is 0 Å². The van der Waals surface area contributed by atoms with Crippen LogP contribution in [0.5, 0.6) is 0 Å². The number of rotatable bonds is 10. The maximum atomic E-state index is 2.56. The van der Waals surface area contributed by atoms with Gasteiger partial charge in [0.2, 0.25) is 0 Å².